The van der Waals surface area contributed by atoms with Crippen LogP contribution in [0.3, 0.4) is 0 Å². The molecule has 2 rings (SSSR count). The van der Waals surface area contributed by atoms with Gasteiger partial charge in [-0.15, -0.1) is 0 Å². The van der Waals surface area contributed by atoms with Crippen LogP contribution in [-0.4, -0.2) is 26.7 Å². The number of hydrogen-bond acceptors (Lipinski definition) is 4. The van der Waals surface area contributed by atoms with E-state index in [0.29, 0.717) is 19.5 Å². The monoisotopic (exact) mass is 320 g/mol. The number of carbonyl (C=O) groups excluding carboxylic acids is 1. The largest absolute Gasteiger partial charge is 0.497 e. The van der Waals surface area contributed by atoms with Crippen LogP contribution >= 0.6 is 0 Å². The number of benzene rings is 1. The molecule has 0 saturated heterocycles. The minimum atomic E-state index is -0.00761. The van der Waals surface area contributed by atoms with Crippen LogP contribution in [-0.2, 0) is 11.3 Å². The number of rotatable bonds is 7. The third-order valence-electron chi connectivity index (χ3n) is 4.85. The van der Waals surface area contributed by atoms with Gasteiger partial charge in [-0.05, 0) is 36.9 Å². The van der Waals surface area contributed by atoms with E-state index in [0.717, 1.165) is 29.9 Å². The van der Waals surface area contributed by atoms with Gasteiger partial charge in [-0.3, -0.25) is 4.79 Å². The minimum Gasteiger partial charge on any atom is -0.497 e. The topological polar surface area (TPSA) is 73.6 Å². The molecule has 0 radical (unpaired) electrons. The fourth-order valence-electron chi connectivity index (χ4n) is 3.35. The Labute approximate surface area is 138 Å². The predicted octanol–water partition coefficient (Wildman–Crippen LogP) is 2.62. The Morgan fingerprint density at radius 2 is 1.96 bits per heavy atom. The summed E-state index contributed by atoms with van der Waals surface area (Å²) in [4.78, 5) is 12.3. The van der Waals surface area contributed by atoms with Crippen molar-refractivity contribution in [2.75, 3.05) is 20.8 Å². The first kappa shape index (κ1) is 17.6. The fraction of sp³-hybridized carbons (Fsp3) is 0.611. The molecule has 128 valence electrons. The van der Waals surface area contributed by atoms with Crippen molar-refractivity contribution in [3.05, 3.63) is 23.8 Å². The van der Waals surface area contributed by atoms with Crippen molar-refractivity contribution in [3.63, 3.8) is 0 Å². The van der Waals surface area contributed by atoms with Gasteiger partial charge in [0.2, 0.25) is 5.91 Å². The van der Waals surface area contributed by atoms with E-state index in [2.05, 4.69) is 5.32 Å². The molecule has 1 amide bonds. The standard InChI is InChI=1S/C18H28N2O3/c1-22-15-7-6-14(16(10-15)23-2)12-20-17(21)11-18(13-19)8-4-3-5-9-18/h6-7,10H,3-5,8-9,11-13,19H2,1-2H3,(H,20,21). The van der Waals surface area contributed by atoms with Gasteiger partial charge < -0.3 is 20.5 Å². The Bertz CT molecular complexity index is 525. The summed E-state index contributed by atoms with van der Waals surface area (Å²) in [6, 6.07) is 5.60. The van der Waals surface area contributed by atoms with Crippen molar-refractivity contribution in [1.82, 2.24) is 5.32 Å². The Balaban J connectivity index is 1.93. The molecule has 1 aromatic rings. The summed E-state index contributed by atoms with van der Waals surface area (Å²) in [5.41, 5.74) is 6.89. The molecule has 5 nitrogen and oxygen atoms in total. The van der Waals surface area contributed by atoms with E-state index < -0.39 is 0 Å². The lowest BCUT2D eigenvalue weighted by atomic mass is 9.71. The molecule has 0 atom stereocenters. The normalized spacial score (nSPS) is 16.7. The fourth-order valence-corrected chi connectivity index (χ4v) is 3.35. The quantitative estimate of drug-likeness (QED) is 0.810. The first-order chi connectivity index (χ1) is 11.1. The maximum Gasteiger partial charge on any atom is 0.220 e. The molecular formula is C18H28N2O3. The van der Waals surface area contributed by atoms with Gasteiger partial charge in [0.25, 0.3) is 0 Å². The second-order valence-corrected chi connectivity index (χ2v) is 6.40. The van der Waals surface area contributed by atoms with Gasteiger partial charge in [0.15, 0.2) is 0 Å². The van der Waals surface area contributed by atoms with Crippen LogP contribution in [0.2, 0.25) is 0 Å². The van der Waals surface area contributed by atoms with Gasteiger partial charge in [-0.2, -0.15) is 0 Å². The maximum absolute atomic E-state index is 12.3. The Kier molecular flexibility index (Phi) is 6.28. The summed E-state index contributed by atoms with van der Waals surface area (Å²) >= 11 is 0. The van der Waals surface area contributed by atoms with Gasteiger partial charge >= 0.3 is 0 Å². The van der Waals surface area contributed by atoms with Crippen molar-refractivity contribution >= 4 is 5.91 Å². The molecule has 0 spiro atoms. The lowest BCUT2D eigenvalue weighted by molar-refractivity contribution is -0.124. The molecule has 1 aromatic carbocycles. The molecular weight excluding hydrogens is 292 g/mol. The molecule has 1 aliphatic carbocycles. The zero-order chi connectivity index (χ0) is 16.7. The van der Waals surface area contributed by atoms with Crippen molar-refractivity contribution in [3.8, 4) is 11.5 Å². The highest BCUT2D eigenvalue weighted by atomic mass is 16.5. The summed E-state index contributed by atoms with van der Waals surface area (Å²) in [6.45, 7) is 1.04. The molecule has 23 heavy (non-hydrogen) atoms. The first-order valence-electron chi connectivity index (χ1n) is 8.30. The van der Waals surface area contributed by atoms with E-state index in [1.165, 1.54) is 19.3 Å². The highest BCUT2D eigenvalue weighted by molar-refractivity contribution is 5.76. The second kappa shape index (κ2) is 8.20. The Hall–Kier alpha value is -1.75. The van der Waals surface area contributed by atoms with E-state index in [1.807, 2.05) is 18.2 Å². The number of hydrogen-bond donors (Lipinski definition) is 2. The molecule has 1 fully saturated rings. The molecule has 5 heteroatoms. The number of methoxy groups -OCH3 is 2. The van der Waals surface area contributed by atoms with E-state index in [4.69, 9.17) is 15.2 Å². The average Bonchev–Trinajstić information content (AvgIpc) is 2.60. The van der Waals surface area contributed by atoms with Crippen LogP contribution in [0.25, 0.3) is 0 Å². The lowest BCUT2D eigenvalue weighted by Crippen LogP contribution is -2.38. The molecule has 3 N–H and O–H groups in total. The van der Waals surface area contributed by atoms with E-state index >= 15 is 0 Å². The molecule has 1 saturated carbocycles. The highest BCUT2D eigenvalue weighted by Gasteiger charge is 2.32. The number of nitrogens with one attached hydrogen (secondary N) is 1. The molecule has 0 heterocycles. The van der Waals surface area contributed by atoms with Crippen LogP contribution in [0.15, 0.2) is 18.2 Å². The van der Waals surface area contributed by atoms with Crippen molar-refractivity contribution in [2.24, 2.45) is 11.1 Å². The van der Waals surface area contributed by atoms with Crippen molar-refractivity contribution in [1.29, 1.82) is 0 Å². The van der Waals surface area contributed by atoms with E-state index in [-0.39, 0.29) is 11.3 Å². The van der Waals surface area contributed by atoms with Gasteiger partial charge in [0.05, 0.1) is 14.2 Å². The van der Waals surface area contributed by atoms with E-state index in [1.54, 1.807) is 14.2 Å². The molecule has 1 aliphatic rings. The van der Waals surface area contributed by atoms with Gasteiger partial charge in [-0.1, -0.05) is 19.3 Å². The summed E-state index contributed by atoms with van der Waals surface area (Å²) < 4.78 is 10.5. The third kappa shape index (κ3) is 4.61. The van der Waals surface area contributed by atoms with Crippen LogP contribution in [0.5, 0.6) is 11.5 Å². The second-order valence-electron chi connectivity index (χ2n) is 6.40. The first-order valence-corrected chi connectivity index (χ1v) is 8.30. The lowest BCUT2D eigenvalue weighted by Gasteiger charge is -2.35. The summed E-state index contributed by atoms with van der Waals surface area (Å²) in [6.07, 6.45) is 6.24. The Morgan fingerprint density at radius 3 is 2.57 bits per heavy atom. The van der Waals surface area contributed by atoms with Crippen molar-refractivity contribution < 1.29 is 14.3 Å². The summed E-state index contributed by atoms with van der Waals surface area (Å²) in [5.74, 6) is 1.52. The average molecular weight is 320 g/mol. The SMILES string of the molecule is COc1ccc(CNC(=O)CC2(CN)CCCCC2)c(OC)c1. The summed E-state index contributed by atoms with van der Waals surface area (Å²) in [5, 5.41) is 3.00. The number of nitrogens with two attached hydrogens (primary N) is 1. The highest BCUT2D eigenvalue weighted by Crippen LogP contribution is 2.38. The summed E-state index contributed by atoms with van der Waals surface area (Å²) in [7, 11) is 3.23. The number of carbonyl (C=O) groups is 1. The number of ether oxygens (including phenoxy) is 2. The van der Waals surface area contributed by atoms with Crippen LogP contribution in [0.4, 0.5) is 0 Å². The van der Waals surface area contributed by atoms with Crippen LogP contribution < -0.4 is 20.5 Å². The Morgan fingerprint density at radius 1 is 1.22 bits per heavy atom. The van der Waals surface area contributed by atoms with Gasteiger partial charge in [0.1, 0.15) is 11.5 Å². The van der Waals surface area contributed by atoms with Crippen LogP contribution in [0, 0.1) is 5.41 Å². The molecule has 0 aliphatic heterocycles. The molecule has 0 unspecified atom stereocenters. The van der Waals surface area contributed by atoms with Gasteiger partial charge in [-0.25, -0.2) is 0 Å². The van der Waals surface area contributed by atoms with E-state index in [9.17, 15) is 4.79 Å². The third-order valence-corrected chi connectivity index (χ3v) is 4.85. The zero-order valence-corrected chi connectivity index (χ0v) is 14.2. The minimum absolute atomic E-state index is 0.00761. The smallest absolute Gasteiger partial charge is 0.220 e. The zero-order valence-electron chi connectivity index (χ0n) is 14.2. The molecule has 0 bridgehead atoms. The maximum atomic E-state index is 12.3. The molecule has 0 aromatic heterocycles. The van der Waals surface area contributed by atoms with Crippen LogP contribution in [0.1, 0.15) is 44.1 Å². The predicted molar refractivity (Wildman–Crippen MR) is 90.6 cm³/mol. The number of amides is 1. The van der Waals surface area contributed by atoms with Gasteiger partial charge in [0, 0.05) is 24.6 Å². The van der Waals surface area contributed by atoms with Crippen molar-refractivity contribution in [2.45, 2.75) is 45.1 Å².